The third-order valence-corrected chi connectivity index (χ3v) is 5.99. The zero-order chi connectivity index (χ0) is 14.2. The molecule has 3 rings (SSSR count). The summed E-state index contributed by atoms with van der Waals surface area (Å²) >= 11 is 5.34. The third kappa shape index (κ3) is 2.85. The van der Waals surface area contributed by atoms with Gasteiger partial charge in [-0.05, 0) is 51.4 Å². The van der Waals surface area contributed by atoms with Gasteiger partial charge < -0.3 is 5.32 Å². The van der Waals surface area contributed by atoms with E-state index < -0.39 is 0 Å². The molecule has 1 atom stereocenters. The standard InChI is InChI=1S/C17H20BrNS/c1-17(2)8-7-12-5-3-4-6-15(12)16(17)19-10-14-9-13(18)11-20-14/h3-6,9,11,16,19H,7-8,10H2,1-2H3. The fourth-order valence-corrected chi connectivity index (χ4v) is 4.50. The van der Waals surface area contributed by atoms with Crippen LogP contribution in [0.5, 0.6) is 0 Å². The second-order valence-corrected chi connectivity index (χ2v) is 8.14. The van der Waals surface area contributed by atoms with Crippen LogP contribution in [0.1, 0.15) is 42.3 Å². The maximum atomic E-state index is 3.79. The lowest BCUT2D eigenvalue weighted by molar-refractivity contribution is 0.208. The number of hydrogen-bond acceptors (Lipinski definition) is 2. The normalized spacial score (nSPS) is 20.6. The molecule has 1 heterocycles. The van der Waals surface area contributed by atoms with E-state index in [9.17, 15) is 0 Å². The minimum absolute atomic E-state index is 0.308. The van der Waals surface area contributed by atoms with Gasteiger partial charge in [-0.1, -0.05) is 38.1 Å². The largest absolute Gasteiger partial charge is 0.305 e. The Morgan fingerprint density at radius 3 is 2.90 bits per heavy atom. The molecule has 2 aromatic rings. The van der Waals surface area contributed by atoms with Crippen molar-refractivity contribution in [1.29, 1.82) is 0 Å². The van der Waals surface area contributed by atoms with Gasteiger partial charge in [0.1, 0.15) is 0 Å². The van der Waals surface area contributed by atoms with Crippen molar-refractivity contribution in [2.45, 2.75) is 39.3 Å². The monoisotopic (exact) mass is 349 g/mol. The van der Waals surface area contributed by atoms with E-state index >= 15 is 0 Å². The Bertz CT molecular complexity index is 603. The minimum Gasteiger partial charge on any atom is -0.305 e. The van der Waals surface area contributed by atoms with Crippen LogP contribution in [-0.4, -0.2) is 0 Å². The Labute approximate surface area is 133 Å². The Balaban J connectivity index is 1.82. The molecule has 1 unspecified atom stereocenters. The van der Waals surface area contributed by atoms with E-state index in [1.165, 1.54) is 33.3 Å². The lowest BCUT2D eigenvalue weighted by Gasteiger charge is -2.40. The van der Waals surface area contributed by atoms with Crippen molar-refractivity contribution in [2.24, 2.45) is 5.41 Å². The van der Waals surface area contributed by atoms with E-state index in [4.69, 9.17) is 0 Å². The summed E-state index contributed by atoms with van der Waals surface area (Å²) in [6, 6.07) is 11.5. The first-order valence-electron chi connectivity index (χ1n) is 7.10. The molecule has 1 nitrogen and oxygen atoms in total. The molecule has 0 amide bonds. The highest BCUT2D eigenvalue weighted by Crippen LogP contribution is 2.43. The average molecular weight is 350 g/mol. The van der Waals surface area contributed by atoms with Gasteiger partial charge >= 0.3 is 0 Å². The highest BCUT2D eigenvalue weighted by Gasteiger charge is 2.35. The first-order chi connectivity index (χ1) is 9.56. The van der Waals surface area contributed by atoms with Crippen molar-refractivity contribution >= 4 is 27.3 Å². The van der Waals surface area contributed by atoms with Crippen LogP contribution in [0.25, 0.3) is 0 Å². The molecule has 1 aromatic carbocycles. The van der Waals surface area contributed by atoms with E-state index in [0.29, 0.717) is 11.5 Å². The first kappa shape index (κ1) is 14.3. The molecule has 0 bridgehead atoms. The Morgan fingerprint density at radius 1 is 1.35 bits per heavy atom. The van der Waals surface area contributed by atoms with Crippen LogP contribution in [-0.2, 0) is 13.0 Å². The van der Waals surface area contributed by atoms with E-state index in [0.717, 1.165) is 6.54 Å². The molecule has 1 aromatic heterocycles. The fourth-order valence-electron chi connectivity index (χ4n) is 3.10. The molecule has 1 aliphatic carbocycles. The van der Waals surface area contributed by atoms with E-state index in [2.05, 4.69) is 70.8 Å². The molecule has 106 valence electrons. The molecular formula is C17H20BrNS. The topological polar surface area (TPSA) is 12.0 Å². The highest BCUT2D eigenvalue weighted by atomic mass is 79.9. The predicted molar refractivity (Wildman–Crippen MR) is 90.1 cm³/mol. The van der Waals surface area contributed by atoms with E-state index in [1.807, 2.05) is 11.3 Å². The summed E-state index contributed by atoms with van der Waals surface area (Å²) in [6.07, 6.45) is 2.45. The van der Waals surface area contributed by atoms with Crippen molar-refractivity contribution < 1.29 is 0 Å². The van der Waals surface area contributed by atoms with Crippen LogP contribution in [0, 0.1) is 5.41 Å². The van der Waals surface area contributed by atoms with Crippen LogP contribution in [0.3, 0.4) is 0 Å². The summed E-state index contributed by atoms with van der Waals surface area (Å²) in [5.74, 6) is 0. The van der Waals surface area contributed by atoms with Gasteiger partial charge in [-0.15, -0.1) is 11.3 Å². The SMILES string of the molecule is CC1(C)CCc2ccccc2C1NCc1cc(Br)cs1. The number of aryl methyl sites for hydroxylation is 1. The quantitative estimate of drug-likeness (QED) is 0.791. The predicted octanol–water partition coefficient (Wildman–Crippen LogP) is 5.31. The molecule has 0 radical (unpaired) electrons. The van der Waals surface area contributed by atoms with Crippen molar-refractivity contribution in [3.63, 3.8) is 0 Å². The summed E-state index contributed by atoms with van der Waals surface area (Å²) in [6.45, 7) is 5.70. The number of halogens is 1. The van der Waals surface area contributed by atoms with Crippen LogP contribution in [0.15, 0.2) is 40.2 Å². The number of benzene rings is 1. The zero-order valence-electron chi connectivity index (χ0n) is 11.9. The Hall–Kier alpha value is -0.640. The minimum atomic E-state index is 0.308. The van der Waals surface area contributed by atoms with Crippen molar-refractivity contribution in [1.82, 2.24) is 5.32 Å². The molecular weight excluding hydrogens is 330 g/mol. The molecule has 1 N–H and O–H groups in total. The molecule has 0 saturated carbocycles. The highest BCUT2D eigenvalue weighted by molar-refractivity contribution is 9.10. The van der Waals surface area contributed by atoms with Gasteiger partial charge in [-0.3, -0.25) is 0 Å². The maximum absolute atomic E-state index is 3.79. The number of hydrogen-bond donors (Lipinski definition) is 1. The first-order valence-corrected chi connectivity index (χ1v) is 8.78. The number of thiophene rings is 1. The smallest absolute Gasteiger partial charge is 0.0377 e. The molecule has 3 heteroatoms. The van der Waals surface area contributed by atoms with Crippen LogP contribution < -0.4 is 5.32 Å². The third-order valence-electron chi connectivity index (χ3n) is 4.29. The second kappa shape index (κ2) is 5.63. The van der Waals surface area contributed by atoms with Crippen LogP contribution in [0.2, 0.25) is 0 Å². The lowest BCUT2D eigenvalue weighted by atomic mass is 9.70. The van der Waals surface area contributed by atoms with Crippen molar-refractivity contribution in [3.8, 4) is 0 Å². The van der Waals surface area contributed by atoms with Gasteiger partial charge in [0.05, 0.1) is 0 Å². The maximum Gasteiger partial charge on any atom is 0.0377 e. The molecule has 1 aliphatic rings. The molecule has 0 fully saturated rings. The van der Waals surface area contributed by atoms with Gasteiger partial charge in [0.25, 0.3) is 0 Å². The zero-order valence-corrected chi connectivity index (χ0v) is 14.4. The van der Waals surface area contributed by atoms with E-state index in [1.54, 1.807) is 0 Å². The van der Waals surface area contributed by atoms with Crippen molar-refractivity contribution in [3.05, 3.63) is 56.2 Å². The summed E-state index contributed by atoms with van der Waals surface area (Å²) in [7, 11) is 0. The number of rotatable bonds is 3. The van der Waals surface area contributed by atoms with Crippen LogP contribution in [0.4, 0.5) is 0 Å². The number of nitrogens with one attached hydrogen (secondary N) is 1. The van der Waals surface area contributed by atoms with Gasteiger partial charge in [0.2, 0.25) is 0 Å². The van der Waals surface area contributed by atoms with Gasteiger partial charge in [-0.25, -0.2) is 0 Å². The molecule has 0 spiro atoms. The van der Waals surface area contributed by atoms with Gasteiger partial charge in [0, 0.05) is 27.3 Å². The van der Waals surface area contributed by atoms with Crippen LogP contribution >= 0.6 is 27.3 Å². The lowest BCUT2D eigenvalue weighted by Crippen LogP contribution is -2.37. The molecule has 20 heavy (non-hydrogen) atoms. The Morgan fingerprint density at radius 2 is 2.15 bits per heavy atom. The number of fused-ring (bicyclic) bond motifs is 1. The van der Waals surface area contributed by atoms with Crippen molar-refractivity contribution in [2.75, 3.05) is 0 Å². The molecule has 0 saturated heterocycles. The van der Waals surface area contributed by atoms with Gasteiger partial charge in [-0.2, -0.15) is 0 Å². The summed E-state index contributed by atoms with van der Waals surface area (Å²) < 4.78 is 1.18. The average Bonchev–Trinajstić information content (AvgIpc) is 2.83. The van der Waals surface area contributed by atoms with Gasteiger partial charge in [0.15, 0.2) is 0 Å². The summed E-state index contributed by atoms with van der Waals surface area (Å²) in [5.41, 5.74) is 3.30. The summed E-state index contributed by atoms with van der Waals surface area (Å²) in [5, 5.41) is 5.94. The summed E-state index contributed by atoms with van der Waals surface area (Å²) in [4.78, 5) is 1.38. The molecule has 0 aliphatic heterocycles. The second-order valence-electron chi connectivity index (χ2n) is 6.23. The Kier molecular flexibility index (Phi) is 4.02. The van der Waals surface area contributed by atoms with E-state index in [-0.39, 0.29) is 0 Å². The fraction of sp³-hybridized carbons (Fsp3) is 0.412.